The molecule has 0 fully saturated rings. The van der Waals surface area contributed by atoms with Gasteiger partial charge >= 0.3 is 0 Å². The highest BCUT2D eigenvalue weighted by molar-refractivity contribution is 7.92. The summed E-state index contributed by atoms with van der Waals surface area (Å²) in [5, 5.41) is 0. The van der Waals surface area contributed by atoms with E-state index in [2.05, 4.69) is 0 Å². The summed E-state index contributed by atoms with van der Waals surface area (Å²) < 4.78 is 39.5. The second-order valence-electron chi connectivity index (χ2n) is 4.44. The van der Waals surface area contributed by atoms with Crippen LogP contribution >= 0.6 is 0 Å². The number of anilines is 2. The molecule has 6 heteroatoms. The molecule has 0 aliphatic carbocycles. The number of sulfonamides is 1. The highest BCUT2D eigenvalue weighted by atomic mass is 32.2. The van der Waals surface area contributed by atoms with E-state index in [1.807, 2.05) is 0 Å². The van der Waals surface area contributed by atoms with E-state index in [4.69, 9.17) is 5.73 Å². The number of hydrogen-bond acceptors (Lipinski definition) is 3. The van der Waals surface area contributed by atoms with Gasteiger partial charge in [-0.1, -0.05) is 18.2 Å². The Morgan fingerprint density at radius 2 is 1.80 bits per heavy atom. The van der Waals surface area contributed by atoms with E-state index in [0.29, 0.717) is 16.9 Å². The molecule has 0 spiro atoms. The maximum atomic E-state index is 13.3. The number of hydrogen-bond donors (Lipinski definition) is 1. The number of halogens is 1. The van der Waals surface area contributed by atoms with Gasteiger partial charge in [0, 0.05) is 7.05 Å². The lowest BCUT2D eigenvalue weighted by atomic mass is 10.2. The van der Waals surface area contributed by atoms with E-state index in [0.717, 1.165) is 10.4 Å². The molecule has 106 valence electrons. The summed E-state index contributed by atoms with van der Waals surface area (Å²) in [6.07, 6.45) is 0. The summed E-state index contributed by atoms with van der Waals surface area (Å²) in [6, 6.07) is 10.3. The van der Waals surface area contributed by atoms with Crippen LogP contribution in [0.1, 0.15) is 5.56 Å². The first kappa shape index (κ1) is 14.3. The molecule has 0 amide bonds. The van der Waals surface area contributed by atoms with Crippen LogP contribution in [0.5, 0.6) is 0 Å². The van der Waals surface area contributed by atoms with Gasteiger partial charge in [0.15, 0.2) is 0 Å². The molecule has 0 aliphatic rings. The average molecular weight is 294 g/mol. The Morgan fingerprint density at radius 3 is 2.45 bits per heavy atom. The lowest BCUT2D eigenvalue weighted by Crippen LogP contribution is -2.28. The standard InChI is InChI=1S/C14H15FN2O2S/c1-10-7-8-11(15)9-14(10)20(18,19)17(2)13-6-4-3-5-12(13)16/h3-9H,16H2,1-2H3. The third-order valence-corrected chi connectivity index (χ3v) is 4.98. The van der Waals surface area contributed by atoms with Crippen molar-refractivity contribution in [1.29, 1.82) is 0 Å². The van der Waals surface area contributed by atoms with Crippen molar-refractivity contribution >= 4 is 21.4 Å². The SMILES string of the molecule is Cc1ccc(F)cc1S(=O)(=O)N(C)c1ccccc1N. The second kappa shape index (κ2) is 5.13. The van der Waals surface area contributed by atoms with Gasteiger partial charge in [-0.15, -0.1) is 0 Å². The minimum atomic E-state index is -3.85. The van der Waals surface area contributed by atoms with E-state index in [1.165, 1.54) is 19.2 Å². The Morgan fingerprint density at radius 1 is 1.15 bits per heavy atom. The number of nitrogen functional groups attached to an aromatic ring is 1. The van der Waals surface area contributed by atoms with E-state index in [1.54, 1.807) is 31.2 Å². The van der Waals surface area contributed by atoms with Crippen LogP contribution in [-0.4, -0.2) is 15.5 Å². The summed E-state index contributed by atoms with van der Waals surface area (Å²) >= 11 is 0. The van der Waals surface area contributed by atoms with E-state index in [-0.39, 0.29) is 4.90 Å². The Labute approximate surface area is 117 Å². The van der Waals surface area contributed by atoms with Crippen molar-refractivity contribution in [3.63, 3.8) is 0 Å². The van der Waals surface area contributed by atoms with Crippen molar-refractivity contribution in [3.05, 3.63) is 53.8 Å². The maximum Gasteiger partial charge on any atom is 0.264 e. The Hall–Kier alpha value is -2.08. The highest BCUT2D eigenvalue weighted by Gasteiger charge is 2.24. The fourth-order valence-corrected chi connectivity index (χ4v) is 3.36. The Kier molecular flexibility index (Phi) is 3.67. The minimum absolute atomic E-state index is 0.0664. The largest absolute Gasteiger partial charge is 0.397 e. The number of rotatable bonds is 3. The van der Waals surface area contributed by atoms with Gasteiger partial charge in [0.05, 0.1) is 16.3 Å². The normalized spacial score (nSPS) is 11.3. The maximum absolute atomic E-state index is 13.3. The third kappa shape index (κ3) is 2.46. The van der Waals surface area contributed by atoms with Gasteiger partial charge in [0.1, 0.15) is 5.82 Å². The summed E-state index contributed by atoms with van der Waals surface area (Å²) in [7, 11) is -2.46. The van der Waals surface area contributed by atoms with E-state index >= 15 is 0 Å². The molecule has 2 N–H and O–H groups in total. The van der Waals surface area contributed by atoms with Crippen molar-refractivity contribution < 1.29 is 12.8 Å². The number of benzene rings is 2. The van der Waals surface area contributed by atoms with Crippen molar-refractivity contribution in [2.75, 3.05) is 17.1 Å². The van der Waals surface area contributed by atoms with Gasteiger partial charge in [0.25, 0.3) is 10.0 Å². The molecule has 20 heavy (non-hydrogen) atoms. The summed E-state index contributed by atoms with van der Waals surface area (Å²) in [5.41, 5.74) is 6.96. The first-order chi connectivity index (χ1) is 9.34. The van der Waals surface area contributed by atoms with Crippen LogP contribution in [0.3, 0.4) is 0 Å². The van der Waals surface area contributed by atoms with Crippen LogP contribution in [0.25, 0.3) is 0 Å². The molecule has 2 rings (SSSR count). The molecule has 0 saturated heterocycles. The van der Waals surface area contributed by atoms with Crippen molar-refractivity contribution in [2.24, 2.45) is 0 Å². The lowest BCUT2D eigenvalue weighted by molar-refractivity contribution is 0.588. The van der Waals surface area contributed by atoms with Crippen molar-refractivity contribution in [1.82, 2.24) is 0 Å². The molecule has 0 bridgehead atoms. The Bertz CT molecular complexity index is 745. The first-order valence-electron chi connectivity index (χ1n) is 5.93. The van der Waals surface area contributed by atoms with Crippen molar-refractivity contribution in [2.45, 2.75) is 11.8 Å². The van der Waals surface area contributed by atoms with Gasteiger partial charge in [0.2, 0.25) is 0 Å². The number of nitrogens with two attached hydrogens (primary N) is 1. The predicted octanol–water partition coefficient (Wildman–Crippen LogP) is 2.54. The average Bonchev–Trinajstić information content (AvgIpc) is 2.41. The van der Waals surface area contributed by atoms with Gasteiger partial charge < -0.3 is 5.73 Å². The Balaban J connectivity index is 2.56. The lowest BCUT2D eigenvalue weighted by Gasteiger charge is -2.22. The molecule has 0 heterocycles. The fourth-order valence-electron chi connectivity index (χ4n) is 1.90. The topological polar surface area (TPSA) is 63.4 Å². The monoisotopic (exact) mass is 294 g/mol. The third-order valence-electron chi connectivity index (χ3n) is 3.06. The zero-order chi connectivity index (χ0) is 14.9. The molecule has 2 aromatic rings. The summed E-state index contributed by atoms with van der Waals surface area (Å²) in [4.78, 5) is -0.0664. The first-order valence-corrected chi connectivity index (χ1v) is 7.37. The smallest absolute Gasteiger partial charge is 0.264 e. The van der Waals surface area contributed by atoms with Crippen LogP contribution < -0.4 is 10.0 Å². The number of aryl methyl sites for hydroxylation is 1. The number of para-hydroxylation sites is 2. The van der Waals surface area contributed by atoms with Gasteiger partial charge in [-0.2, -0.15) is 0 Å². The van der Waals surface area contributed by atoms with E-state index in [9.17, 15) is 12.8 Å². The molecule has 2 aromatic carbocycles. The fraction of sp³-hybridized carbons (Fsp3) is 0.143. The quantitative estimate of drug-likeness (QED) is 0.885. The zero-order valence-electron chi connectivity index (χ0n) is 11.2. The minimum Gasteiger partial charge on any atom is -0.397 e. The van der Waals surface area contributed by atoms with Crippen LogP contribution in [0.4, 0.5) is 15.8 Å². The van der Waals surface area contributed by atoms with Crippen LogP contribution in [-0.2, 0) is 10.0 Å². The second-order valence-corrected chi connectivity index (χ2v) is 6.38. The van der Waals surface area contributed by atoms with Crippen LogP contribution in [0.15, 0.2) is 47.4 Å². The molecule has 0 saturated carbocycles. The van der Waals surface area contributed by atoms with Crippen LogP contribution in [0, 0.1) is 12.7 Å². The molecule has 0 aliphatic heterocycles. The van der Waals surface area contributed by atoms with Gasteiger partial charge in [-0.05, 0) is 36.8 Å². The van der Waals surface area contributed by atoms with E-state index < -0.39 is 15.8 Å². The molecular formula is C14H15FN2O2S. The molecule has 4 nitrogen and oxygen atoms in total. The van der Waals surface area contributed by atoms with Crippen LogP contribution in [0.2, 0.25) is 0 Å². The predicted molar refractivity (Wildman–Crippen MR) is 77.6 cm³/mol. The molecule has 0 aromatic heterocycles. The van der Waals surface area contributed by atoms with Gasteiger partial charge in [-0.25, -0.2) is 12.8 Å². The molecular weight excluding hydrogens is 279 g/mol. The van der Waals surface area contributed by atoms with Crippen molar-refractivity contribution in [3.8, 4) is 0 Å². The molecule has 0 atom stereocenters. The molecule has 0 radical (unpaired) electrons. The number of nitrogens with zero attached hydrogens (tertiary/aromatic N) is 1. The van der Waals surface area contributed by atoms with Gasteiger partial charge in [-0.3, -0.25) is 4.31 Å². The zero-order valence-corrected chi connectivity index (χ0v) is 12.0. The molecule has 0 unspecified atom stereocenters. The highest BCUT2D eigenvalue weighted by Crippen LogP contribution is 2.28. The summed E-state index contributed by atoms with van der Waals surface area (Å²) in [6.45, 7) is 1.62. The summed E-state index contributed by atoms with van der Waals surface area (Å²) in [5.74, 6) is -0.594.